The Morgan fingerprint density at radius 3 is 3.05 bits per heavy atom. The molecule has 0 aliphatic carbocycles. The number of hydrogen-bond acceptors (Lipinski definition) is 4. The van der Waals surface area contributed by atoms with Gasteiger partial charge in [0.25, 0.3) is 5.24 Å². The Hall–Kier alpha value is -1.68. The van der Waals surface area contributed by atoms with Crippen molar-refractivity contribution in [3.8, 4) is 11.8 Å². The number of benzene rings is 1. The number of carbonyl (C=O) groups excluding carboxylic acids is 2. The van der Waals surface area contributed by atoms with Gasteiger partial charge in [0.15, 0.2) is 0 Å². The summed E-state index contributed by atoms with van der Waals surface area (Å²) < 4.78 is 0. The summed E-state index contributed by atoms with van der Waals surface area (Å²) in [6.45, 7) is -0.0202. The van der Waals surface area contributed by atoms with E-state index in [1.165, 1.54) is 0 Å². The molecule has 3 N–H and O–H groups in total. The van der Waals surface area contributed by atoms with E-state index in [0.717, 1.165) is 11.8 Å². The topological polar surface area (TPSA) is 78.4 Å². The second-order valence-corrected chi connectivity index (χ2v) is 5.68. The number of amides is 2. The van der Waals surface area contributed by atoms with Crippen LogP contribution in [-0.4, -0.2) is 34.7 Å². The first-order valence-corrected chi connectivity index (χ1v) is 7.60. The molecule has 1 unspecified atom stereocenters. The van der Waals surface area contributed by atoms with Crippen molar-refractivity contribution in [1.29, 1.82) is 0 Å². The van der Waals surface area contributed by atoms with Gasteiger partial charge in [0.2, 0.25) is 5.91 Å². The van der Waals surface area contributed by atoms with E-state index < -0.39 is 6.04 Å². The van der Waals surface area contributed by atoms with Gasteiger partial charge in [-0.1, -0.05) is 35.2 Å². The highest BCUT2D eigenvalue weighted by Gasteiger charge is 2.28. The maximum absolute atomic E-state index is 12.1. The zero-order valence-corrected chi connectivity index (χ0v) is 12.6. The van der Waals surface area contributed by atoms with Gasteiger partial charge < -0.3 is 15.7 Å². The molecular weight excluding hydrogens is 312 g/mol. The van der Waals surface area contributed by atoms with E-state index in [2.05, 4.69) is 22.5 Å². The first kappa shape index (κ1) is 15.7. The van der Waals surface area contributed by atoms with Gasteiger partial charge in [0, 0.05) is 22.8 Å². The minimum Gasteiger partial charge on any atom is -0.395 e. The van der Waals surface area contributed by atoms with Gasteiger partial charge in [0.1, 0.15) is 6.04 Å². The van der Waals surface area contributed by atoms with Crippen molar-refractivity contribution in [2.45, 2.75) is 12.5 Å². The molecule has 1 atom stereocenters. The minimum atomic E-state index is -0.556. The van der Waals surface area contributed by atoms with Crippen LogP contribution in [0.15, 0.2) is 18.2 Å². The van der Waals surface area contributed by atoms with Crippen LogP contribution in [-0.2, 0) is 4.79 Å². The van der Waals surface area contributed by atoms with E-state index >= 15 is 0 Å². The van der Waals surface area contributed by atoms with Crippen molar-refractivity contribution in [2.24, 2.45) is 0 Å². The van der Waals surface area contributed by atoms with Crippen LogP contribution in [0.4, 0.5) is 10.5 Å². The summed E-state index contributed by atoms with van der Waals surface area (Å²) >= 11 is 7.01. The highest BCUT2D eigenvalue weighted by atomic mass is 35.5. The normalized spacial score (nSPS) is 16.9. The first-order chi connectivity index (χ1) is 10.1. The van der Waals surface area contributed by atoms with Crippen LogP contribution < -0.4 is 10.6 Å². The fourth-order valence-electron chi connectivity index (χ4n) is 1.69. The van der Waals surface area contributed by atoms with Crippen molar-refractivity contribution in [1.82, 2.24) is 5.32 Å². The monoisotopic (exact) mass is 324 g/mol. The lowest BCUT2D eigenvalue weighted by Gasteiger charge is -2.12. The molecule has 1 aliphatic rings. The lowest BCUT2D eigenvalue weighted by molar-refractivity contribution is -0.117. The van der Waals surface area contributed by atoms with E-state index in [4.69, 9.17) is 16.7 Å². The highest BCUT2D eigenvalue weighted by molar-refractivity contribution is 8.14. The number of anilines is 1. The van der Waals surface area contributed by atoms with Gasteiger partial charge in [-0.25, -0.2) is 0 Å². The maximum atomic E-state index is 12.1. The largest absolute Gasteiger partial charge is 0.395 e. The van der Waals surface area contributed by atoms with Crippen molar-refractivity contribution in [2.75, 3.05) is 17.7 Å². The van der Waals surface area contributed by atoms with E-state index in [0.29, 0.717) is 28.4 Å². The lowest BCUT2D eigenvalue weighted by Crippen LogP contribution is -2.38. The van der Waals surface area contributed by atoms with Gasteiger partial charge >= 0.3 is 0 Å². The van der Waals surface area contributed by atoms with Crippen LogP contribution in [0, 0.1) is 11.8 Å². The fraction of sp³-hybridized carbons (Fsp3) is 0.286. The molecule has 7 heteroatoms. The Bertz CT molecular complexity index is 624. The summed E-state index contributed by atoms with van der Waals surface area (Å²) in [6.07, 6.45) is 0.353. The van der Waals surface area contributed by atoms with Crippen LogP contribution in [0.2, 0.25) is 5.02 Å². The molecule has 0 radical (unpaired) electrons. The molecule has 0 bridgehead atoms. The SMILES string of the molecule is O=C1NC(C(=O)Nc2cc(Cl)ccc2C#CCCO)CS1. The molecule has 21 heavy (non-hydrogen) atoms. The van der Waals surface area contributed by atoms with E-state index in [1.807, 2.05) is 0 Å². The third kappa shape index (κ3) is 4.39. The molecule has 1 heterocycles. The molecule has 1 aromatic carbocycles. The summed E-state index contributed by atoms with van der Waals surface area (Å²) in [5, 5.41) is 14.3. The van der Waals surface area contributed by atoms with E-state index in [1.54, 1.807) is 18.2 Å². The van der Waals surface area contributed by atoms with Crippen LogP contribution >= 0.6 is 23.4 Å². The number of hydrogen-bond donors (Lipinski definition) is 3. The molecule has 0 aromatic heterocycles. The van der Waals surface area contributed by atoms with Gasteiger partial charge in [0.05, 0.1) is 12.3 Å². The maximum Gasteiger partial charge on any atom is 0.279 e. The first-order valence-electron chi connectivity index (χ1n) is 6.23. The molecule has 1 aromatic rings. The average Bonchev–Trinajstić information content (AvgIpc) is 2.88. The number of thioether (sulfide) groups is 1. The molecule has 0 spiro atoms. The Balaban J connectivity index is 2.14. The fourth-order valence-corrected chi connectivity index (χ4v) is 2.64. The van der Waals surface area contributed by atoms with Crippen LogP contribution in [0.5, 0.6) is 0 Å². The standard InChI is InChI=1S/C14H13ClN2O3S/c15-10-5-4-9(3-1-2-6-18)11(7-10)16-13(19)12-8-21-14(20)17-12/h4-5,7,12,18H,2,6,8H2,(H,16,19)(H,17,20). The molecule has 2 amide bonds. The molecular formula is C14H13ClN2O3S. The minimum absolute atomic E-state index is 0.0202. The zero-order chi connectivity index (χ0) is 15.2. The smallest absolute Gasteiger partial charge is 0.279 e. The highest BCUT2D eigenvalue weighted by Crippen LogP contribution is 2.22. The third-order valence-electron chi connectivity index (χ3n) is 2.69. The van der Waals surface area contributed by atoms with Crippen molar-refractivity contribution >= 4 is 40.2 Å². The molecule has 1 fully saturated rings. The van der Waals surface area contributed by atoms with Crippen LogP contribution in [0.3, 0.4) is 0 Å². The number of aliphatic hydroxyl groups is 1. The number of rotatable bonds is 3. The average molecular weight is 325 g/mol. The van der Waals surface area contributed by atoms with Crippen molar-refractivity contribution in [3.05, 3.63) is 28.8 Å². The summed E-state index contributed by atoms with van der Waals surface area (Å²) in [5.41, 5.74) is 1.10. The molecule has 110 valence electrons. The number of nitrogens with one attached hydrogen (secondary N) is 2. The van der Waals surface area contributed by atoms with E-state index in [-0.39, 0.29) is 17.8 Å². The predicted molar refractivity (Wildman–Crippen MR) is 83.4 cm³/mol. The Morgan fingerprint density at radius 1 is 1.57 bits per heavy atom. The summed E-state index contributed by atoms with van der Waals surface area (Å²) in [7, 11) is 0. The van der Waals surface area contributed by atoms with Crippen molar-refractivity contribution in [3.63, 3.8) is 0 Å². The molecule has 1 aliphatic heterocycles. The Morgan fingerprint density at radius 2 is 2.38 bits per heavy atom. The lowest BCUT2D eigenvalue weighted by atomic mass is 10.1. The molecule has 1 saturated heterocycles. The number of aliphatic hydroxyl groups excluding tert-OH is 1. The summed E-state index contributed by atoms with van der Waals surface area (Å²) in [6, 6.07) is 4.42. The molecule has 0 saturated carbocycles. The Labute approximate surface area is 131 Å². The summed E-state index contributed by atoms with van der Waals surface area (Å²) in [5.74, 6) is 5.76. The van der Waals surface area contributed by atoms with Crippen molar-refractivity contribution < 1.29 is 14.7 Å². The summed E-state index contributed by atoms with van der Waals surface area (Å²) in [4.78, 5) is 23.2. The predicted octanol–water partition coefficient (Wildman–Crippen LogP) is 1.84. The molecule has 5 nitrogen and oxygen atoms in total. The van der Waals surface area contributed by atoms with Crippen LogP contribution in [0.1, 0.15) is 12.0 Å². The third-order valence-corrected chi connectivity index (χ3v) is 3.80. The number of carbonyl (C=O) groups is 2. The Kier molecular flexibility index (Phi) is 5.51. The van der Waals surface area contributed by atoms with Gasteiger partial charge in [-0.05, 0) is 18.2 Å². The van der Waals surface area contributed by atoms with Gasteiger partial charge in [-0.2, -0.15) is 0 Å². The van der Waals surface area contributed by atoms with E-state index in [9.17, 15) is 9.59 Å². The second-order valence-electron chi connectivity index (χ2n) is 4.25. The quantitative estimate of drug-likeness (QED) is 0.741. The van der Waals surface area contributed by atoms with Crippen LogP contribution in [0.25, 0.3) is 0 Å². The molecule has 2 rings (SSSR count). The second kappa shape index (κ2) is 7.36. The van der Waals surface area contributed by atoms with Gasteiger partial charge in [-0.15, -0.1) is 0 Å². The zero-order valence-electron chi connectivity index (χ0n) is 11.0. The van der Waals surface area contributed by atoms with Gasteiger partial charge in [-0.3, -0.25) is 9.59 Å². The number of halogens is 1.